The maximum Gasteiger partial charge on any atom is 0.262 e. The minimum Gasteiger partial charge on any atom is -0.342 e. The lowest BCUT2D eigenvalue weighted by Gasteiger charge is -2.31. The first kappa shape index (κ1) is 20.6. The second kappa shape index (κ2) is 7.98. The van der Waals surface area contributed by atoms with Crippen molar-refractivity contribution in [3.8, 4) is 0 Å². The molecule has 168 valence electrons. The third kappa shape index (κ3) is 3.87. The van der Waals surface area contributed by atoms with Crippen molar-refractivity contribution in [2.75, 3.05) is 13.1 Å². The van der Waals surface area contributed by atoms with Crippen molar-refractivity contribution in [2.24, 2.45) is 5.92 Å². The molecule has 1 saturated heterocycles. The highest BCUT2D eigenvalue weighted by Gasteiger charge is 2.39. The van der Waals surface area contributed by atoms with Gasteiger partial charge < -0.3 is 9.88 Å². The number of piperidine rings is 1. The number of hydrogen-bond acceptors (Lipinski definition) is 4. The number of carbonyl (C=O) groups is 1. The van der Waals surface area contributed by atoms with Crippen LogP contribution in [-0.2, 0) is 4.79 Å². The minimum atomic E-state index is -2.62. The largest absolute Gasteiger partial charge is 0.342 e. The van der Waals surface area contributed by atoms with E-state index in [1.165, 1.54) is 12.6 Å². The molecule has 7 nitrogen and oxygen atoms in total. The van der Waals surface area contributed by atoms with Gasteiger partial charge in [0.2, 0.25) is 11.8 Å². The zero-order valence-corrected chi connectivity index (χ0v) is 17.7. The molecule has 2 atom stereocenters. The van der Waals surface area contributed by atoms with E-state index < -0.39 is 5.92 Å². The third-order valence-corrected chi connectivity index (χ3v) is 7.37. The van der Waals surface area contributed by atoms with Crippen molar-refractivity contribution in [1.82, 2.24) is 24.6 Å². The number of hydrogen-bond donors (Lipinski definition) is 1. The van der Waals surface area contributed by atoms with Crippen molar-refractivity contribution in [3.63, 3.8) is 0 Å². The fourth-order valence-electron chi connectivity index (χ4n) is 5.60. The smallest absolute Gasteiger partial charge is 0.262 e. The van der Waals surface area contributed by atoms with Crippen LogP contribution >= 0.6 is 0 Å². The molecule has 1 amide bonds. The van der Waals surface area contributed by atoms with E-state index in [1.807, 2.05) is 4.90 Å². The molecule has 2 saturated carbocycles. The summed E-state index contributed by atoms with van der Waals surface area (Å²) in [6, 6.07) is -0.186. The number of aromatic amines is 1. The van der Waals surface area contributed by atoms with Crippen LogP contribution in [0, 0.1) is 5.92 Å². The summed E-state index contributed by atoms with van der Waals surface area (Å²) < 4.78 is 28.9. The predicted molar refractivity (Wildman–Crippen MR) is 111 cm³/mol. The van der Waals surface area contributed by atoms with Gasteiger partial charge in [0.05, 0.1) is 12.2 Å². The Morgan fingerprint density at radius 2 is 1.81 bits per heavy atom. The van der Waals surface area contributed by atoms with Crippen molar-refractivity contribution in [2.45, 2.75) is 82.1 Å². The predicted octanol–water partition coefficient (Wildman–Crippen LogP) is 3.77. The second-order valence-electron chi connectivity index (χ2n) is 9.39. The van der Waals surface area contributed by atoms with Crippen molar-refractivity contribution in [1.29, 1.82) is 0 Å². The lowest BCUT2D eigenvalue weighted by atomic mass is 9.92. The number of alkyl halides is 2. The maximum atomic E-state index is 13.6. The number of halogens is 2. The Kier molecular flexibility index (Phi) is 5.30. The fraction of sp³-hybridized carbons (Fsp3) is 0.727. The van der Waals surface area contributed by atoms with Gasteiger partial charge in [0, 0.05) is 37.8 Å². The molecule has 0 bridgehead atoms. The first-order valence-electron chi connectivity index (χ1n) is 11.6. The van der Waals surface area contributed by atoms with Gasteiger partial charge >= 0.3 is 0 Å². The van der Waals surface area contributed by atoms with E-state index in [4.69, 9.17) is 4.98 Å². The van der Waals surface area contributed by atoms with Crippen LogP contribution in [0.1, 0.15) is 82.0 Å². The number of carbonyl (C=O) groups excluding carboxylic acids is 1. The van der Waals surface area contributed by atoms with Crippen LogP contribution in [0.2, 0.25) is 0 Å². The van der Waals surface area contributed by atoms with E-state index in [-0.39, 0.29) is 42.2 Å². The molecule has 5 rings (SSSR count). The van der Waals surface area contributed by atoms with Gasteiger partial charge in [-0.25, -0.2) is 18.4 Å². The molecule has 1 N–H and O–H groups in total. The van der Waals surface area contributed by atoms with E-state index in [0.29, 0.717) is 29.7 Å². The molecule has 1 aliphatic heterocycles. The number of fused-ring (bicyclic) bond motifs is 1. The molecule has 2 aromatic rings. The molecule has 9 heteroatoms. The average molecular weight is 434 g/mol. The van der Waals surface area contributed by atoms with Crippen LogP contribution in [0.15, 0.2) is 11.0 Å². The molecule has 2 aliphatic carbocycles. The molecular weight excluding hydrogens is 404 g/mol. The van der Waals surface area contributed by atoms with E-state index in [0.717, 1.165) is 45.2 Å². The van der Waals surface area contributed by atoms with Crippen molar-refractivity contribution >= 4 is 16.9 Å². The normalized spacial score (nSPS) is 27.1. The number of nitrogens with one attached hydrogen (secondary N) is 1. The Hall–Kier alpha value is -2.32. The van der Waals surface area contributed by atoms with E-state index in [1.54, 1.807) is 4.68 Å². The Balaban J connectivity index is 1.44. The Morgan fingerprint density at radius 1 is 1.06 bits per heavy atom. The minimum absolute atomic E-state index is 0.120. The summed E-state index contributed by atoms with van der Waals surface area (Å²) in [5.74, 6) is -2.20. The summed E-state index contributed by atoms with van der Waals surface area (Å²) in [7, 11) is 0. The summed E-state index contributed by atoms with van der Waals surface area (Å²) in [4.78, 5) is 35.6. The van der Waals surface area contributed by atoms with E-state index in [9.17, 15) is 18.4 Å². The molecule has 0 spiro atoms. The molecule has 0 unspecified atom stereocenters. The Bertz CT molecular complexity index is 1020. The van der Waals surface area contributed by atoms with Crippen LogP contribution in [0.5, 0.6) is 0 Å². The molecule has 2 aromatic heterocycles. The fourth-order valence-corrected chi connectivity index (χ4v) is 5.60. The van der Waals surface area contributed by atoms with Crippen LogP contribution in [-0.4, -0.2) is 49.6 Å². The van der Waals surface area contributed by atoms with Gasteiger partial charge in [-0.3, -0.25) is 9.59 Å². The second-order valence-corrected chi connectivity index (χ2v) is 9.39. The van der Waals surface area contributed by atoms with Crippen LogP contribution < -0.4 is 5.56 Å². The van der Waals surface area contributed by atoms with Crippen LogP contribution in [0.25, 0.3) is 11.0 Å². The quantitative estimate of drug-likeness (QED) is 0.799. The third-order valence-electron chi connectivity index (χ3n) is 7.37. The van der Waals surface area contributed by atoms with Crippen LogP contribution in [0.3, 0.4) is 0 Å². The summed E-state index contributed by atoms with van der Waals surface area (Å²) in [6.07, 6.45) is 7.54. The lowest BCUT2D eigenvalue weighted by molar-refractivity contribution is -0.136. The number of rotatable bonds is 3. The summed E-state index contributed by atoms with van der Waals surface area (Å²) in [5.41, 5.74) is 0.175. The number of likely N-dealkylation sites (tertiary alicyclic amines) is 1. The zero-order chi connectivity index (χ0) is 21.6. The van der Waals surface area contributed by atoms with Crippen molar-refractivity contribution < 1.29 is 13.6 Å². The van der Waals surface area contributed by atoms with Gasteiger partial charge in [-0.1, -0.05) is 6.42 Å². The van der Waals surface area contributed by atoms with Gasteiger partial charge in [-0.05, 0) is 44.9 Å². The molecule has 3 aliphatic rings. The number of nitrogens with zero attached hydrogens (tertiary/aromatic N) is 4. The zero-order valence-electron chi connectivity index (χ0n) is 17.7. The monoisotopic (exact) mass is 433 g/mol. The number of aromatic nitrogens is 4. The molecule has 3 fully saturated rings. The van der Waals surface area contributed by atoms with Crippen molar-refractivity contribution in [3.05, 3.63) is 22.4 Å². The average Bonchev–Trinajstić information content (AvgIpc) is 3.41. The van der Waals surface area contributed by atoms with Crippen LogP contribution in [0.4, 0.5) is 8.78 Å². The highest BCUT2D eigenvalue weighted by Crippen LogP contribution is 2.41. The highest BCUT2D eigenvalue weighted by molar-refractivity contribution is 5.80. The Labute approximate surface area is 179 Å². The van der Waals surface area contributed by atoms with Gasteiger partial charge in [0.25, 0.3) is 5.56 Å². The van der Waals surface area contributed by atoms with E-state index >= 15 is 0 Å². The highest BCUT2D eigenvalue weighted by atomic mass is 19.3. The maximum absolute atomic E-state index is 13.6. The number of H-pyrrole nitrogens is 1. The van der Waals surface area contributed by atoms with Gasteiger partial charge in [0.15, 0.2) is 5.65 Å². The molecule has 31 heavy (non-hydrogen) atoms. The summed E-state index contributed by atoms with van der Waals surface area (Å²) >= 11 is 0. The molecule has 0 radical (unpaired) electrons. The molecule has 0 aromatic carbocycles. The van der Waals surface area contributed by atoms with Gasteiger partial charge in [0.1, 0.15) is 11.2 Å². The van der Waals surface area contributed by atoms with Gasteiger partial charge in [-0.15, -0.1) is 0 Å². The topological polar surface area (TPSA) is 83.9 Å². The SMILES string of the molecule is O=C([C@H]1CCC[C@@H]1c1nc2c(cnn2C2CCC(F)(F)CC2)c(=O)[nH]1)N1CCCCC1. The molecular formula is C22H29F2N5O2. The number of amides is 1. The first-order valence-corrected chi connectivity index (χ1v) is 11.6. The van der Waals surface area contributed by atoms with Gasteiger partial charge in [-0.2, -0.15) is 5.10 Å². The first-order chi connectivity index (χ1) is 14.9. The standard InChI is InChI=1S/C22H29F2N5O2/c23-22(24)9-7-14(8-10-22)29-19-17(13-25-29)20(30)27-18(26-19)15-5-4-6-16(15)21(31)28-11-2-1-3-12-28/h13-16H,1-12H2,(H,26,27,30)/t15-,16-/m0/s1. The van der Waals surface area contributed by atoms with E-state index in [2.05, 4.69) is 10.1 Å². The Morgan fingerprint density at radius 3 is 2.55 bits per heavy atom. The summed E-state index contributed by atoms with van der Waals surface area (Å²) in [6.45, 7) is 1.62. The molecule has 3 heterocycles. The summed E-state index contributed by atoms with van der Waals surface area (Å²) in [5, 5.41) is 4.71. The lowest BCUT2D eigenvalue weighted by Crippen LogP contribution is -2.40.